The van der Waals surface area contributed by atoms with Gasteiger partial charge in [-0.1, -0.05) is 52.0 Å². The number of rotatable bonds is 3. The maximum atomic E-state index is 11.6. The molecule has 0 aliphatic heterocycles. The Labute approximate surface area is 128 Å². The first kappa shape index (κ1) is 16.1. The van der Waals surface area contributed by atoms with Gasteiger partial charge in [-0.15, -0.1) is 0 Å². The van der Waals surface area contributed by atoms with Crippen LogP contribution in [0, 0.1) is 17.3 Å². The van der Waals surface area contributed by atoms with Gasteiger partial charge in [0.15, 0.2) is 0 Å². The van der Waals surface area contributed by atoms with Crippen LogP contribution in [0.3, 0.4) is 0 Å². The van der Waals surface area contributed by atoms with Crippen molar-refractivity contribution in [2.75, 3.05) is 0 Å². The molecule has 116 valence electrons. The van der Waals surface area contributed by atoms with Crippen molar-refractivity contribution in [1.29, 1.82) is 0 Å². The lowest BCUT2D eigenvalue weighted by Gasteiger charge is -2.40. The maximum Gasteiger partial charge on any atom is 0.307 e. The van der Waals surface area contributed by atoms with Crippen LogP contribution >= 0.6 is 0 Å². The summed E-state index contributed by atoms with van der Waals surface area (Å²) < 4.78 is 0. The Bertz CT molecular complexity index is 481. The van der Waals surface area contributed by atoms with Gasteiger partial charge in [0.05, 0.1) is 5.92 Å². The van der Waals surface area contributed by atoms with Crippen LogP contribution in [0.1, 0.15) is 64.0 Å². The Morgan fingerprint density at radius 3 is 2.29 bits per heavy atom. The van der Waals surface area contributed by atoms with Crippen molar-refractivity contribution in [3.05, 3.63) is 35.4 Å². The molecule has 0 bridgehead atoms. The first-order valence-corrected chi connectivity index (χ1v) is 8.14. The summed E-state index contributed by atoms with van der Waals surface area (Å²) in [5.41, 5.74) is 2.77. The average molecular weight is 288 g/mol. The Hall–Kier alpha value is -1.31. The van der Waals surface area contributed by atoms with Gasteiger partial charge in [0, 0.05) is 0 Å². The van der Waals surface area contributed by atoms with Gasteiger partial charge < -0.3 is 5.11 Å². The van der Waals surface area contributed by atoms with E-state index in [-0.39, 0.29) is 17.3 Å². The van der Waals surface area contributed by atoms with E-state index in [2.05, 4.69) is 52.0 Å². The summed E-state index contributed by atoms with van der Waals surface area (Å²) in [6, 6.07) is 8.58. The molecule has 0 aromatic heterocycles. The highest BCUT2D eigenvalue weighted by atomic mass is 16.4. The zero-order valence-corrected chi connectivity index (χ0v) is 13.7. The number of hydrogen-bond acceptors (Lipinski definition) is 1. The van der Waals surface area contributed by atoms with Crippen molar-refractivity contribution in [1.82, 2.24) is 0 Å². The molecule has 1 aliphatic carbocycles. The summed E-state index contributed by atoms with van der Waals surface area (Å²) in [5.74, 6) is -0.0988. The first-order valence-electron chi connectivity index (χ1n) is 8.14. The second-order valence-electron chi connectivity index (χ2n) is 7.52. The molecule has 0 heterocycles. The standard InChI is InChI=1S/C19H28O2/c1-5-13-6-8-14(9-7-13)17-12-15(19(2,3)4)10-11-16(17)18(20)21/h6-9,15-17H,5,10-12H2,1-4H3,(H,20,21). The number of carbonyl (C=O) groups is 1. The first-order chi connectivity index (χ1) is 9.82. The van der Waals surface area contributed by atoms with Crippen molar-refractivity contribution in [3.63, 3.8) is 0 Å². The van der Waals surface area contributed by atoms with E-state index in [1.807, 2.05) is 0 Å². The van der Waals surface area contributed by atoms with Gasteiger partial charge in [-0.2, -0.15) is 0 Å². The monoisotopic (exact) mass is 288 g/mol. The Morgan fingerprint density at radius 2 is 1.81 bits per heavy atom. The van der Waals surface area contributed by atoms with Crippen LogP contribution in [0.2, 0.25) is 0 Å². The highest BCUT2D eigenvalue weighted by Gasteiger charge is 2.39. The number of aliphatic carboxylic acids is 1. The molecule has 0 radical (unpaired) electrons. The molecule has 3 unspecified atom stereocenters. The third-order valence-electron chi connectivity index (χ3n) is 5.21. The van der Waals surface area contributed by atoms with Crippen LogP contribution < -0.4 is 0 Å². The zero-order chi connectivity index (χ0) is 15.6. The molecule has 2 heteroatoms. The fourth-order valence-corrected chi connectivity index (χ4v) is 3.62. The van der Waals surface area contributed by atoms with E-state index in [1.165, 1.54) is 11.1 Å². The number of benzene rings is 1. The fraction of sp³-hybridized carbons (Fsp3) is 0.632. The van der Waals surface area contributed by atoms with Gasteiger partial charge in [0.1, 0.15) is 0 Å². The van der Waals surface area contributed by atoms with Crippen molar-refractivity contribution >= 4 is 5.97 Å². The fourth-order valence-electron chi connectivity index (χ4n) is 3.62. The minimum Gasteiger partial charge on any atom is -0.481 e. The lowest BCUT2D eigenvalue weighted by Crippen LogP contribution is -2.34. The van der Waals surface area contributed by atoms with E-state index in [9.17, 15) is 9.90 Å². The molecular formula is C19H28O2. The molecule has 0 amide bonds. The van der Waals surface area contributed by atoms with Crippen LogP contribution in [0.15, 0.2) is 24.3 Å². The van der Waals surface area contributed by atoms with Gasteiger partial charge in [-0.05, 0) is 54.1 Å². The molecule has 21 heavy (non-hydrogen) atoms. The number of aryl methyl sites for hydroxylation is 1. The quantitative estimate of drug-likeness (QED) is 0.860. The van der Waals surface area contributed by atoms with Crippen LogP contribution in [-0.4, -0.2) is 11.1 Å². The molecule has 2 nitrogen and oxygen atoms in total. The van der Waals surface area contributed by atoms with Crippen molar-refractivity contribution < 1.29 is 9.90 Å². The maximum absolute atomic E-state index is 11.6. The van der Waals surface area contributed by atoms with Gasteiger partial charge in [0.2, 0.25) is 0 Å². The molecule has 1 saturated carbocycles. The van der Waals surface area contributed by atoms with E-state index in [0.717, 1.165) is 25.7 Å². The predicted octanol–water partition coefficient (Wildman–Crippen LogP) is 4.88. The minimum atomic E-state index is -0.632. The second-order valence-corrected chi connectivity index (χ2v) is 7.52. The van der Waals surface area contributed by atoms with Gasteiger partial charge in [-0.25, -0.2) is 0 Å². The highest BCUT2D eigenvalue weighted by molar-refractivity contribution is 5.71. The van der Waals surface area contributed by atoms with Crippen molar-refractivity contribution in [3.8, 4) is 0 Å². The van der Waals surface area contributed by atoms with E-state index in [0.29, 0.717) is 5.92 Å². The molecule has 1 N–H and O–H groups in total. The average Bonchev–Trinajstić information content (AvgIpc) is 2.45. The topological polar surface area (TPSA) is 37.3 Å². The largest absolute Gasteiger partial charge is 0.481 e. The second kappa shape index (κ2) is 6.21. The Morgan fingerprint density at radius 1 is 1.19 bits per heavy atom. The molecule has 3 atom stereocenters. The smallest absolute Gasteiger partial charge is 0.307 e. The molecule has 0 saturated heterocycles. The SMILES string of the molecule is CCc1ccc(C2CC(C(C)(C)C)CCC2C(=O)O)cc1. The summed E-state index contributed by atoms with van der Waals surface area (Å²) >= 11 is 0. The summed E-state index contributed by atoms with van der Waals surface area (Å²) in [5, 5.41) is 9.56. The van der Waals surface area contributed by atoms with E-state index < -0.39 is 5.97 Å². The van der Waals surface area contributed by atoms with Crippen LogP contribution in [0.5, 0.6) is 0 Å². The van der Waals surface area contributed by atoms with Gasteiger partial charge in [-0.3, -0.25) is 4.79 Å². The van der Waals surface area contributed by atoms with Gasteiger partial charge in [0.25, 0.3) is 0 Å². The molecule has 1 aliphatic rings. The molecular weight excluding hydrogens is 260 g/mol. The van der Waals surface area contributed by atoms with E-state index in [4.69, 9.17) is 0 Å². The third kappa shape index (κ3) is 3.66. The molecule has 1 fully saturated rings. The number of carboxylic acids is 1. The normalized spacial score (nSPS) is 26.6. The Kier molecular flexibility index (Phi) is 4.75. The lowest BCUT2D eigenvalue weighted by atomic mass is 9.64. The van der Waals surface area contributed by atoms with Crippen LogP contribution in [0.25, 0.3) is 0 Å². The molecule has 2 rings (SSSR count). The summed E-state index contributed by atoms with van der Waals surface area (Å²) in [7, 11) is 0. The number of hydrogen-bond donors (Lipinski definition) is 1. The molecule has 1 aromatic rings. The van der Waals surface area contributed by atoms with E-state index in [1.54, 1.807) is 0 Å². The molecule has 1 aromatic carbocycles. The summed E-state index contributed by atoms with van der Waals surface area (Å²) in [6.45, 7) is 8.97. The summed E-state index contributed by atoms with van der Waals surface area (Å²) in [6.07, 6.45) is 3.85. The molecule has 0 spiro atoms. The Balaban J connectivity index is 2.26. The van der Waals surface area contributed by atoms with Crippen molar-refractivity contribution in [2.24, 2.45) is 17.3 Å². The third-order valence-corrected chi connectivity index (χ3v) is 5.21. The lowest BCUT2D eigenvalue weighted by molar-refractivity contribution is -0.144. The van der Waals surface area contributed by atoms with Crippen molar-refractivity contribution in [2.45, 2.75) is 59.3 Å². The highest BCUT2D eigenvalue weighted by Crippen LogP contribution is 2.46. The van der Waals surface area contributed by atoms with E-state index >= 15 is 0 Å². The number of carboxylic acid groups (broad SMARTS) is 1. The van der Waals surface area contributed by atoms with Gasteiger partial charge >= 0.3 is 5.97 Å². The summed E-state index contributed by atoms with van der Waals surface area (Å²) in [4.78, 5) is 11.6. The van der Waals surface area contributed by atoms with Crippen LogP contribution in [-0.2, 0) is 11.2 Å². The van der Waals surface area contributed by atoms with Crippen LogP contribution in [0.4, 0.5) is 0 Å². The predicted molar refractivity (Wildman–Crippen MR) is 86.5 cm³/mol. The zero-order valence-electron chi connectivity index (χ0n) is 13.7. The minimum absolute atomic E-state index is 0.159.